The van der Waals surface area contributed by atoms with Gasteiger partial charge in [0.15, 0.2) is 0 Å². The Morgan fingerprint density at radius 2 is 2.21 bits per heavy atom. The molecule has 5 nitrogen and oxygen atoms in total. The number of carboxylic acid groups (broad SMARTS) is 1. The monoisotopic (exact) mass is 324 g/mol. The summed E-state index contributed by atoms with van der Waals surface area (Å²) in [6, 6.07) is 5.78. The molecule has 0 aliphatic carbocycles. The number of carbonyl (C=O) groups is 1. The zero-order valence-corrected chi connectivity index (χ0v) is 12.0. The normalized spacial score (nSPS) is 10.6. The molecular formula is C13H13BrN2O3. The molecule has 0 unspecified atom stereocenters. The SMILES string of the molecule is Cc1cc(-c2nnc(CCCC(=O)O)o2)ccc1Br. The molecule has 0 radical (unpaired) electrons. The summed E-state index contributed by atoms with van der Waals surface area (Å²) in [5.41, 5.74) is 1.95. The maximum absolute atomic E-state index is 10.4. The molecule has 1 aromatic carbocycles. The predicted octanol–water partition coefficient (Wildman–Crippen LogP) is 3.21. The van der Waals surface area contributed by atoms with Crippen LogP contribution in [0.4, 0.5) is 0 Å². The molecule has 0 fully saturated rings. The van der Waals surface area contributed by atoms with Gasteiger partial charge in [0.1, 0.15) is 0 Å². The fourth-order valence-electron chi connectivity index (χ4n) is 1.64. The standard InChI is InChI=1S/C13H13BrN2O3/c1-8-7-9(5-6-10(8)14)13-16-15-11(19-13)3-2-4-12(17)18/h5-7H,2-4H2,1H3,(H,17,18). The Hall–Kier alpha value is -1.69. The molecule has 0 amide bonds. The first-order valence-electron chi connectivity index (χ1n) is 5.87. The molecule has 0 atom stereocenters. The topological polar surface area (TPSA) is 76.2 Å². The average Bonchev–Trinajstić information content (AvgIpc) is 2.81. The summed E-state index contributed by atoms with van der Waals surface area (Å²) < 4.78 is 6.54. The Bertz CT molecular complexity index is 595. The smallest absolute Gasteiger partial charge is 0.303 e. The summed E-state index contributed by atoms with van der Waals surface area (Å²) in [5.74, 6) is 0.112. The van der Waals surface area contributed by atoms with Gasteiger partial charge in [0.05, 0.1) is 0 Å². The van der Waals surface area contributed by atoms with E-state index in [2.05, 4.69) is 26.1 Å². The first kappa shape index (κ1) is 13.7. The number of aryl methyl sites for hydroxylation is 2. The minimum absolute atomic E-state index is 0.106. The molecule has 0 saturated carbocycles. The number of aromatic nitrogens is 2. The Kier molecular flexibility index (Phi) is 4.31. The van der Waals surface area contributed by atoms with Gasteiger partial charge in [-0.15, -0.1) is 10.2 Å². The third-order valence-electron chi connectivity index (χ3n) is 2.65. The molecule has 2 aromatic rings. The van der Waals surface area contributed by atoms with Crippen molar-refractivity contribution < 1.29 is 14.3 Å². The van der Waals surface area contributed by atoms with Gasteiger partial charge in [-0.1, -0.05) is 15.9 Å². The highest BCUT2D eigenvalue weighted by molar-refractivity contribution is 9.10. The van der Waals surface area contributed by atoms with E-state index < -0.39 is 5.97 Å². The van der Waals surface area contributed by atoms with Crippen molar-refractivity contribution in [3.05, 3.63) is 34.1 Å². The minimum atomic E-state index is -0.816. The molecule has 0 saturated heterocycles. The lowest BCUT2D eigenvalue weighted by molar-refractivity contribution is -0.137. The maximum Gasteiger partial charge on any atom is 0.303 e. The van der Waals surface area contributed by atoms with Crippen molar-refractivity contribution in [3.63, 3.8) is 0 Å². The summed E-state index contributed by atoms with van der Waals surface area (Å²) in [7, 11) is 0. The average molecular weight is 325 g/mol. The highest BCUT2D eigenvalue weighted by Crippen LogP contribution is 2.24. The Balaban J connectivity index is 2.07. The van der Waals surface area contributed by atoms with Crippen molar-refractivity contribution in [2.24, 2.45) is 0 Å². The molecule has 2 rings (SSSR count). The van der Waals surface area contributed by atoms with E-state index in [-0.39, 0.29) is 6.42 Å². The minimum Gasteiger partial charge on any atom is -0.481 e. The zero-order valence-electron chi connectivity index (χ0n) is 10.4. The van der Waals surface area contributed by atoms with Crippen LogP contribution in [0.25, 0.3) is 11.5 Å². The highest BCUT2D eigenvalue weighted by atomic mass is 79.9. The van der Waals surface area contributed by atoms with Gasteiger partial charge in [0, 0.05) is 22.9 Å². The van der Waals surface area contributed by atoms with E-state index in [0.717, 1.165) is 15.6 Å². The fourth-order valence-corrected chi connectivity index (χ4v) is 1.89. The lowest BCUT2D eigenvalue weighted by atomic mass is 10.1. The van der Waals surface area contributed by atoms with Crippen molar-refractivity contribution in [3.8, 4) is 11.5 Å². The van der Waals surface area contributed by atoms with Crippen molar-refractivity contribution in [1.82, 2.24) is 10.2 Å². The summed E-state index contributed by atoms with van der Waals surface area (Å²) in [6.45, 7) is 1.98. The van der Waals surface area contributed by atoms with Gasteiger partial charge < -0.3 is 9.52 Å². The van der Waals surface area contributed by atoms with E-state index >= 15 is 0 Å². The van der Waals surface area contributed by atoms with Crippen LogP contribution in [-0.2, 0) is 11.2 Å². The van der Waals surface area contributed by atoms with Gasteiger partial charge in [0.2, 0.25) is 11.8 Å². The maximum atomic E-state index is 10.4. The molecule has 1 N–H and O–H groups in total. The van der Waals surface area contributed by atoms with Crippen LogP contribution in [0.1, 0.15) is 24.3 Å². The number of benzene rings is 1. The highest BCUT2D eigenvalue weighted by Gasteiger charge is 2.10. The summed E-state index contributed by atoms with van der Waals surface area (Å²) in [5, 5.41) is 16.5. The molecule has 0 aliphatic heterocycles. The number of aliphatic carboxylic acids is 1. The van der Waals surface area contributed by atoms with Gasteiger partial charge >= 0.3 is 5.97 Å². The molecule has 1 heterocycles. The largest absolute Gasteiger partial charge is 0.481 e. The van der Waals surface area contributed by atoms with Gasteiger partial charge in [-0.25, -0.2) is 0 Å². The van der Waals surface area contributed by atoms with Crippen LogP contribution in [-0.4, -0.2) is 21.3 Å². The van der Waals surface area contributed by atoms with E-state index in [4.69, 9.17) is 9.52 Å². The van der Waals surface area contributed by atoms with Gasteiger partial charge in [0.25, 0.3) is 0 Å². The van der Waals surface area contributed by atoms with Gasteiger partial charge in [-0.05, 0) is 37.1 Å². The number of hydrogen-bond acceptors (Lipinski definition) is 4. The van der Waals surface area contributed by atoms with Crippen LogP contribution < -0.4 is 0 Å². The lowest BCUT2D eigenvalue weighted by Crippen LogP contribution is -1.95. The number of carboxylic acids is 1. The van der Waals surface area contributed by atoms with Crippen LogP contribution in [0, 0.1) is 6.92 Å². The van der Waals surface area contributed by atoms with Crippen molar-refractivity contribution in [1.29, 1.82) is 0 Å². The first-order valence-corrected chi connectivity index (χ1v) is 6.66. The number of rotatable bonds is 5. The second kappa shape index (κ2) is 5.97. The van der Waals surface area contributed by atoms with E-state index in [1.54, 1.807) is 0 Å². The predicted molar refractivity (Wildman–Crippen MR) is 72.7 cm³/mol. The number of hydrogen-bond donors (Lipinski definition) is 1. The Morgan fingerprint density at radius 1 is 1.42 bits per heavy atom. The molecule has 100 valence electrons. The van der Waals surface area contributed by atoms with E-state index in [0.29, 0.717) is 24.6 Å². The molecule has 0 bridgehead atoms. The number of halogens is 1. The third-order valence-corrected chi connectivity index (χ3v) is 3.54. The van der Waals surface area contributed by atoms with Crippen molar-refractivity contribution >= 4 is 21.9 Å². The Labute approximate surface area is 118 Å². The van der Waals surface area contributed by atoms with Gasteiger partial charge in [-0.3, -0.25) is 4.79 Å². The van der Waals surface area contributed by atoms with Gasteiger partial charge in [-0.2, -0.15) is 0 Å². The second-order valence-corrected chi connectivity index (χ2v) is 5.07. The molecule has 0 aliphatic rings. The first-order chi connectivity index (χ1) is 9.06. The van der Waals surface area contributed by atoms with Crippen LogP contribution in [0.3, 0.4) is 0 Å². The van der Waals surface area contributed by atoms with Crippen LogP contribution in [0.15, 0.2) is 27.1 Å². The van der Waals surface area contributed by atoms with E-state index in [1.807, 2.05) is 25.1 Å². The quantitative estimate of drug-likeness (QED) is 0.913. The number of nitrogens with zero attached hydrogens (tertiary/aromatic N) is 2. The van der Waals surface area contributed by atoms with E-state index in [9.17, 15) is 4.79 Å². The van der Waals surface area contributed by atoms with Crippen LogP contribution in [0.2, 0.25) is 0 Å². The van der Waals surface area contributed by atoms with Crippen LogP contribution in [0.5, 0.6) is 0 Å². The van der Waals surface area contributed by atoms with E-state index in [1.165, 1.54) is 0 Å². The molecule has 0 spiro atoms. The zero-order chi connectivity index (χ0) is 13.8. The Morgan fingerprint density at radius 3 is 2.89 bits per heavy atom. The third kappa shape index (κ3) is 3.64. The van der Waals surface area contributed by atoms with Crippen LogP contribution >= 0.6 is 15.9 Å². The summed E-state index contributed by atoms with van der Waals surface area (Å²) in [6.07, 6.45) is 1.08. The molecule has 19 heavy (non-hydrogen) atoms. The lowest BCUT2D eigenvalue weighted by Gasteiger charge is -1.99. The fraction of sp³-hybridized carbons (Fsp3) is 0.308. The van der Waals surface area contributed by atoms with Crippen molar-refractivity contribution in [2.45, 2.75) is 26.2 Å². The molecule has 6 heteroatoms. The summed E-state index contributed by atoms with van der Waals surface area (Å²) >= 11 is 3.43. The molecule has 1 aromatic heterocycles. The second-order valence-electron chi connectivity index (χ2n) is 4.21. The summed E-state index contributed by atoms with van der Waals surface area (Å²) in [4.78, 5) is 10.4. The molecular weight excluding hydrogens is 312 g/mol. The van der Waals surface area contributed by atoms with Crippen molar-refractivity contribution in [2.75, 3.05) is 0 Å².